The van der Waals surface area contributed by atoms with Crippen molar-refractivity contribution >= 4 is 17.5 Å². The molecule has 2 saturated carbocycles. The molecule has 4 heteroatoms. The summed E-state index contributed by atoms with van der Waals surface area (Å²) in [4.78, 5) is 25.5. The number of nitrogens with one attached hydrogen (secondary N) is 2. The van der Waals surface area contributed by atoms with E-state index in [1.807, 2.05) is 18.2 Å². The van der Waals surface area contributed by atoms with Crippen molar-refractivity contribution in [2.45, 2.75) is 71.3 Å². The Morgan fingerprint density at radius 3 is 2.12 bits per heavy atom. The van der Waals surface area contributed by atoms with Gasteiger partial charge in [0.1, 0.15) is 5.41 Å². The van der Waals surface area contributed by atoms with Crippen molar-refractivity contribution in [2.75, 3.05) is 5.32 Å². The molecule has 2 aliphatic rings. The lowest BCUT2D eigenvalue weighted by Gasteiger charge is -2.21. The van der Waals surface area contributed by atoms with E-state index in [1.165, 1.54) is 12.8 Å². The van der Waals surface area contributed by atoms with Crippen molar-refractivity contribution in [3.63, 3.8) is 0 Å². The Kier molecular flexibility index (Phi) is 4.93. The Hall–Kier alpha value is -1.84. The van der Waals surface area contributed by atoms with Crippen LogP contribution in [0, 0.1) is 5.41 Å². The SMILES string of the molecule is CCc1cccc(CC)c1NC(=O)C1(C(=O)NC2CCCC2)CC1. The molecule has 2 aliphatic carbocycles. The van der Waals surface area contributed by atoms with E-state index in [-0.39, 0.29) is 17.9 Å². The molecular formula is C20H28N2O2. The molecule has 0 atom stereocenters. The highest BCUT2D eigenvalue weighted by atomic mass is 16.2. The monoisotopic (exact) mass is 328 g/mol. The number of carbonyl (C=O) groups is 2. The number of anilines is 1. The van der Waals surface area contributed by atoms with E-state index in [0.29, 0.717) is 12.8 Å². The Labute approximate surface area is 144 Å². The summed E-state index contributed by atoms with van der Waals surface area (Å²) in [6.45, 7) is 4.17. The van der Waals surface area contributed by atoms with Crippen LogP contribution >= 0.6 is 0 Å². The van der Waals surface area contributed by atoms with Crippen LogP contribution < -0.4 is 10.6 Å². The van der Waals surface area contributed by atoms with Crippen LogP contribution in [0.25, 0.3) is 0 Å². The summed E-state index contributed by atoms with van der Waals surface area (Å²) in [5.41, 5.74) is 2.34. The van der Waals surface area contributed by atoms with Crippen LogP contribution in [0.4, 0.5) is 5.69 Å². The van der Waals surface area contributed by atoms with E-state index >= 15 is 0 Å². The lowest BCUT2D eigenvalue weighted by molar-refractivity contribution is -0.134. The van der Waals surface area contributed by atoms with E-state index in [4.69, 9.17) is 0 Å². The van der Waals surface area contributed by atoms with Gasteiger partial charge in [0.25, 0.3) is 0 Å². The zero-order valence-electron chi connectivity index (χ0n) is 14.8. The Balaban J connectivity index is 1.73. The van der Waals surface area contributed by atoms with E-state index in [0.717, 1.165) is 42.5 Å². The molecule has 2 fully saturated rings. The van der Waals surface area contributed by atoms with Crippen LogP contribution in [0.1, 0.15) is 63.5 Å². The summed E-state index contributed by atoms with van der Waals surface area (Å²) in [6, 6.07) is 6.39. The maximum absolute atomic E-state index is 12.9. The molecule has 0 heterocycles. The molecule has 0 aromatic heterocycles. The first-order valence-electron chi connectivity index (χ1n) is 9.34. The number of hydrogen-bond donors (Lipinski definition) is 2. The maximum Gasteiger partial charge on any atom is 0.240 e. The maximum atomic E-state index is 12.9. The van der Waals surface area contributed by atoms with Gasteiger partial charge in [0.2, 0.25) is 11.8 Å². The highest BCUT2D eigenvalue weighted by Gasteiger charge is 2.57. The summed E-state index contributed by atoms with van der Waals surface area (Å²) in [5.74, 6) is -0.201. The van der Waals surface area contributed by atoms with E-state index < -0.39 is 5.41 Å². The van der Waals surface area contributed by atoms with Crippen molar-refractivity contribution in [3.05, 3.63) is 29.3 Å². The van der Waals surface area contributed by atoms with Crippen molar-refractivity contribution in [1.82, 2.24) is 5.32 Å². The van der Waals surface area contributed by atoms with Crippen molar-refractivity contribution in [2.24, 2.45) is 5.41 Å². The molecule has 24 heavy (non-hydrogen) atoms. The number of hydrogen-bond acceptors (Lipinski definition) is 2. The summed E-state index contributed by atoms with van der Waals surface area (Å²) in [7, 11) is 0. The van der Waals surface area contributed by atoms with E-state index in [1.54, 1.807) is 0 Å². The summed E-state index contributed by atoms with van der Waals surface area (Å²) in [5, 5.41) is 6.20. The third-order valence-corrected chi connectivity index (χ3v) is 5.55. The molecule has 130 valence electrons. The molecule has 1 aromatic rings. The molecular weight excluding hydrogens is 300 g/mol. The predicted octanol–water partition coefficient (Wildman–Crippen LogP) is 3.59. The number of rotatable bonds is 6. The topological polar surface area (TPSA) is 58.2 Å². The van der Waals surface area contributed by atoms with Gasteiger partial charge in [-0.1, -0.05) is 44.9 Å². The molecule has 0 saturated heterocycles. The normalized spacial score (nSPS) is 19.1. The minimum absolute atomic E-state index is 0.0704. The Morgan fingerprint density at radius 2 is 1.62 bits per heavy atom. The smallest absolute Gasteiger partial charge is 0.240 e. The fraction of sp³-hybridized carbons (Fsp3) is 0.600. The third kappa shape index (κ3) is 3.19. The number of carbonyl (C=O) groups excluding carboxylic acids is 2. The second-order valence-electron chi connectivity index (χ2n) is 7.15. The fourth-order valence-electron chi connectivity index (χ4n) is 3.71. The lowest BCUT2D eigenvalue weighted by Crippen LogP contribution is -2.43. The van der Waals surface area contributed by atoms with Gasteiger partial charge in [-0.25, -0.2) is 0 Å². The van der Waals surface area contributed by atoms with Crippen LogP contribution in [-0.2, 0) is 22.4 Å². The minimum Gasteiger partial charge on any atom is -0.352 e. The first-order valence-corrected chi connectivity index (χ1v) is 9.34. The zero-order valence-corrected chi connectivity index (χ0v) is 14.8. The number of aryl methyl sites for hydroxylation is 2. The average molecular weight is 328 g/mol. The van der Waals surface area contributed by atoms with E-state index in [9.17, 15) is 9.59 Å². The Morgan fingerprint density at radius 1 is 1.04 bits per heavy atom. The number of amides is 2. The lowest BCUT2D eigenvalue weighted by atomic mass is 10.00. The van der Waals surface area contributed by atoms with Gasteiger partial charge < -0.3 is 10.6 Å². The van der Waals surface area contributed by atoms with Gasteiger partial charge in [-0.15, -0.1) is 0 Å². The summed E-state index contributed by atoms with van der Waals surface area (Å²) < 4.78 is 0. The Bertz CT molecular complexity index is 606. The first-order chi connectivity index (χ1) is 11.6. The first kappa shape index (κ1) is 17.0. The summed E-state index contributed by atoms with van der Waals surface area (Å²) >= 11 is 0. The average Bonchev–Trinajstić information content (AvgIpc) is 3.27. The van der Waals surface area contributed by atoms with Gasteiger partial charge in [0.05, 0.1) is 0 Å². The molecule has 0 aliphatic heterocycles. The van der Waals surface area contributed by atoms with Crippen LogP contribution in [0.15, 0.2) is 18.2 Å². The number of benzene rings is 1. The fourth-order valence-corrected chi connectivity index (χ4v) is 3.71. The molecule has 0 unspecified atom stereocenters. The number of para-hydroxylation sites is 1. The highest BCUT2D eigenvalue weighted by Crippen LogP contribution is 2.47. The zero-order chi connectivity index (χ0) is 17.2. The molecule has 2 amide bonds. The summed E-state index contributed by atoms with van der Waals surface area (Å²) in [6.07, 6.45) is 7.49. The van der Waals surface area contributed by atoms with Crippen LogP contribution in [0.2, 0.25) is 0 Å². The third-order valence-electron chi connectivity index (χ3n) is 5.55. The van der Waals surface area contributed by atoms with Gasteiger partial charge >= 0.3 is 0 Å². The highest BCUT2D eigenvalue weighted by molar-refractivity contribution is 6.13. The van der Waals surface area contributed by atoms with Gasteiger partial charge in [-0.3, -0.25) is 9.59 Å². The minimum atomic E-state index is -0.839. The molecule has 4 nitrogen and oxygen atoms in total. The molecule has 0 radical (unpaired) electrons. The van der Waals surface area contributed by atoms with Crippen molar-refractivity contribution < 1.29 is 9.59 Å². The molecule has 2 N–H and O–H groups in total. The largest absolute Gasteiger partial charge is 0.352 e. The molecule has 1 aromatic carbocycles. The van der Waals surface area contributed by atoms with Gasteiger partial charge in [-0.05, 0) is 49.7 Å². The van der Waals surface area contributed by atoms with Crippen molar-refractivity contribution in [1.29, 1.82) is 0 Å². The molecule has 0 bridgehead atoms. The molecule has 3 rings (SSSR count). The predicted molar refractivity (Wildman–Crippen MR) is 95.9 cm³/mol. The van der Waals surface area contributed by atoms with Gasteiger partial charge in [0, 0.05) is 11.7 Å². The second-order valence-corrected chi connectivity index (χ2v) is 7.15. The standard InChI is InChI=1S/C20H28N2O2/c1-3-14-8-7-9-15(4-2)17(14)22-19(24)20(12-13-20)18(23)21-16-10-5-6-11-16/h7-9,16H,3-6,10-13H2,1-2H3,(H,21,23)(H,22,24). The molecule has 0 spiro atoms. The van der Waals surface area contributed by atoms with E-state index in [2.05, 4.69) is 24.5 Å². The van der Waals surface area contributed by atoms with Crippen LogP contribution in [0.5, 0.6) is 0 Å². The quantitative estimate of drug-likeness (QED) is 0.784. The van der Waals surface area contributed by atoms with Crippen LogP contribution in [-0.4, -0.2) is 17.9 Å². The van der Waals surface area contributed by atoms with Crippen molar-refractivity contribution in [3.8, 4) is 0 Å². The van der Waals surface area contributed by atoms with Gasteiger partial charge in [-0.2, -0.15) is 0 Å². The van der Waals surface area contributed by atoms with Crippen LogP contribution in [0.3, 0.4) is 0 Å². The second kappa shape index (κ2) is 6.96. The van der Waals surface area contributed by atoms with Gasteiger partial charge in [0.15, 0.2) is 0 Å².